The maximum Gasteiger partial charge on any atom is 0.259 e. The molecule has 0 aliphatic heterocycles. The fraction of sp³-hybridized carbons (Fsp3) is 0.174. The molecule has 0 bridgehead atoms. The number of nitrogens with zero attached hydrogens (tertiary/aromatic N) is 2. The van der Waals surface area contributed by atoms with Crippen LogP contribution in [0.25, 0.3) is 4.96 Å². The second kappa shape index (κ2) is 8.61. The van der Waals surface area contributed by atoms with Gasteiger partial charge in [0.1, 0.15) is 18.1 Å². The first-order valence-electron chi connectivity index (χ1n) is 9.60. The highest BCUT2D eigenvalue weighted by molar-refractivity contribution is 7.15. The quantitative estimate of drug-likeness (QED) is 0.491. The van der Waals surface area contributed by atoms with Gasteiger partial charge < -0.3 is 14.8 Å². The van der Waals surface area contributed by atoms with Gasteiger partial charge in [-0.1, -0.05) is 6.07 Å². The molecule has 2 aromatic carbocycles. The number of hydrogen-bond acceptors (Lipinski definition) is 6. The topological polar surface area (TPSA) is 81.9 Å². The molecule has 0 radical (unpaired) electrons. The van der Waals surface area contributed by atoms with Gasteiger partial charge in [-0.15, -0.1) is 11.3 Å². The summed E-state index contributed by atoms with van der Waals surface area (Å²) in [6, 6.07) is 13.8. The highest BCUT2D eigenvalue weighted by Crippen LogP contribution is 2.27. The van der Waals surface area contributed by atoms with Gasteiger partial charge in [0.05, 0.1) is 18.5 Å². The van der Waals surface area contributed by atoms with E-state index in [2.05, 4.69) is 10.3 Å². The van der Waals surface area contributed by atoms with Crippen molar-refractivity contribution in [1.29, 1.82) is 0 Å². The van der Waals surface area contributed by atoms with Crippen molar-refractivity contribution in [1.82, 2.24) is 9.38 Å². The number of ether oxygens (including phenoxy) is 2. The van der Waals surface area contributed by atoms with Crippen LogP contribution in [0.1, 0.15) is 27.3 Å². The molecule has 7 nitrogen and oxygen atoms in total. The fourth-order valence-electron chi connectivity index (χ4n) is 3.13. The van der Waals surface area contributed by atoms with Crippen molar-refractivity contribution in [2.45, 2.75) is 20.5 Å². The van der Waals surface area contributed by atoms with Crippen LogP contribution < -0.4 is 20.3 Å². The summed E-state index contributed by atoms with van der Waals surface area (Å²) < 4.78 is 12.6. The van der Waals surface area contributed by atoms with E-state index in [4.69, 9.17) is 9.47 Å². The number of thiazole rings is 1. The predicted molar refractivity (Wildman–Crippen MR) is 121 cm³/mol. The molecule has 0 atom stereocenters. The van der Waals surface area contributed by atoms with Crippen LogP contribution in [-0.4, -0.2) is 22.4 Å². The van der Waals surface area contributed by atoms with Crippen molar-refractivity contribution in [2.24, 2.45) is 0 Å². The van der Waals surface area contributed by atoms with Crippen LogP contribution >= 0.6 is 11.3 Å². The number of benzene rings is 2. The molecular weight excluding hydrogens is 414 g/mol. The SMILES string of the molecule is COc1ccc(C(=O)Nc2cc(C)ccc2OCc2cc(=O)n3c(C)csc3n2)cc1. The van der Waals surface area contributed by atoms with Gasteiger partial charge in [0, 0.05) is 22.7 Å². The van der Waals surface area contributed by atoms with Gasteiger partial charge >= 0.3 is 0 Å². The summed E-state index contributed by atoms with van der Waals surface area (Å²) in [6.45, 7) is 3.91. The second-order valence-electron chi connectivity index (χ2n) is 7.05. The average Bonchev–Trinajstić information content (AvgIpc) is 3.14. The molecule has 4 rings (SSSR count). The van der Waals surface area contributed by atoms with E-state index in [0.717, 1.165) is 11.3 Å². The molecular formula is C23H21N3O4S. The minimum atomic E-state index is -0.259. The smallest absolute Gasteiger partial charge is 0.259 e. The number of aromatic nitrogens is 2. The van der Waals surface area contributed by atoms with Gasteiger partial charge in [0.15, 0.2) is 4.96 Å². The molecule has 31 heavy (non-hydrogen) atoms. The number of nitrogens with one attached hydrogen (secondary N) is 1. The lowest BCUT2D eigenvalue weighted by atomic mass is 10.1. The van der Waals surface area contributed by atoms with E-state index in [1.54, 1.807) is 41.8 Å². The van der Waals surface area contributed by atoms with E-state index >= 15 is 0 Å². The molecule has 1 N–H and O–H groups in total. The Morgan fingerprint density at radius 3 is 2.65 bits per heavy atom. The third-order valence-corrected chi connectivity index (χ3v) is 5.68. The molecule has 0 aliphatic carbocycles. The molecule has 8 heteroatoms. The van der Waals surface area contributed by atoms with Crippen LogP contribution in [0.5, 0.6) is 11.5 Å². The average molecular weight is 436 g/mol. The van der Waals surface area contributed by atoms with E-state index in [1.165, 1.54) is 17.4 Å². The number of carbonyl (C=O) groups excluding carboxylic acids is 1. The maximum absolute atomic E-state index is 12.7. The largest absolute Gasteiger partial charge is 0.497 e. The number of rotatable bonds is 6. The molecule has 0 unspecified atom stereocenters. The Morgan fingerprint density at radius 2 is 1.90 bits per heavy atom. The maximum atomic E-state index is 12.7. The highest BCUT2D eigenvalue weighted by atomic mass is 32.1. The van der Waals surface area contributed by atoms with Crippen LogP contribution in [0.4, 0.5) is 5.69 Å². The standard InChI is InChI=1S/C23H21N3O4S/c1-14-4-9-20(19(10-14)25-22(28)16-5-7-18(29-3)8-6-16)30-12-17-11-21(27)26-15(2)13-31-23(26)24-17/h4-11,13H,12H2,1-3H3,(H,25,28). The predicted octanol–water partition coefficient (Wildman–Crippen LogP) is 4.21. The van der Waals surface area contributed by atoms with Gasteiger partial charge in [0.2, 0.25) is 0 Å². The third kappa shape index (κ3) is 4.44. The molecule has 2 heterocycles. The van der Waals surface area contributed by atoms with Gasteiger partial charge in [-0.2, -0.15) is 0 Å². The Hall–Kier alpha value is -3.65. The van der Waals surface area contributed by atoms with Gasteiger partial charge in [-0.05, 0) is 55.8 Å². The summed E-state index contributed by atoms with van der Waals surface area (Å²) >= 11 is 1.41. The zero-order valence-corrected chi connectivity index (χ0v) is 18.2. The molecule has 158 valence electrons. The first kappa shape index (κ1) is 20.6. The molecule has 0 aliphatic rings. The molecule has 0 fully saturated rings. The summed E-state index contributed by atoms with van der Waals surface area (Å²) in [5.41, 5.74) is 3.27. The van der Waals surface area contributed by atoms with Gasteiger partial charge in [0.25, 0.3) is 11.5 Å². The summed E-state index contributed by atoms with van der Waals surface area (Å²) in [4.78, 5) is 30.2. The number of fused-ring (bicyclic) bond motifs is 1. The van der Waals surface area contributed by atoms with Crippen molar-refractivity contribution < 1.29 is 14.3 Å². The summed E-state index contributed by atoms with van der Waals surface area (Å²) in [6.07, 6.45) is 0. The van der Waals surface area contributed by atoms with Crippen molar-refractivity contribution >= 4 is 27.9 Å². The second-order valence-corrected chi connectivity index (χ2v) is 7.89. The Morgan fingerprint density at radius 1 is 1.13 bits per heavy atom. The minimum Gasteiger partial charge on any atom is -0.497 e. The molecule has 4 aromatic rings. The molecule has 0 saturated heterocycles. The fourth-order valence-corrected chi connectivity index (χ4v) is 4.02. The zero-order valence-electron chi connectivity index (χ0n) is 17.3. The van der Waals surface area contributed by atoms with E-state index in [9.17, 15) is 9.59 Å². The van der Waals surface area contributed by atoms with Crippen molar-refractivity contribution in [3.63, 3.8) is 0 Å². The summed E-state index contributed by atoms with van der Waals surface area (Å²) in [5.74, 6) is 0.916. The summed E-state index contributed by atoms with van der Waals surface area (Å²) in [7, 11) is 1.58. The van der Waals surface area contributed by atoms with E-state index in [0.29, 0.717) is 33.4 Å². The van der Waals surface area contributed by atoms with Crippen LogP contribution in [0.2, 0.25) is 0 Å². The lowest BCUT2D eigenvalue weighted by Gasteiger charge is -2.13. The number of methoxy groups -OCH3 is 1. The first-order chi connectivity index (χ1) is 14.9. The molecule has 0 spiro atoms. The third-order valence-electron chi connectivity index (χ3n) is 4.74. The number of amides is 1. The van der Waals surface area contributed by atoms with Gasteiger partial charge in [-0.3, -0.25) is 14.0 Å². The lowest BCUT2D eigenvalue weighted by Crippen LogP contribution is -2.16. The highest BCUT2D eigenvalue weighted by Gasteiger charge is 2.12. The zero-order chi connectivity index (χ0) is 22.0. The van der Waals surface area contributed by atoms with E-state index in [1.807, 2.05) is 31.4 Å². The Bertz CT molecular complexity index is 1310. The monoisotopic (exact) mass is 435 g/mol. The van der Waals surface area contributed by atoms with Gasteiger partial charge in [-0.25, -0.2) is 4.98 Å². The van der Waals surface area contributed by atoms with Crippen LogP contribution in [-0.2, 0) is 6.61 Å². The lowest BCUT2D eigenvalue weighted by molar-refractivity contribution is 0.102. The number of anilines is 1. The Kier molecular flexibility index (Phi) is 5.73. The van der Waals surface area contributed by atoms with Crippen LogP contribution in [0.15, 0.2) is 58.7 Å². The number of carbonyl (C=O) groups is 1. The van der Waals surface area contributed by atoms with E-state index in [-0.39, 0.29) is 18.1 Å². The molecule has 2 aromatic heterocycles. The summed E-state index contributed by atoms with van der Waals surface area (Å²) in [5, 5.41) is 4.79. The Balaban J connectivity index is 1.54. The van der Waals surface area contributed by atoms with Crippen LogP contribution in [0, 0.1) is 13.8 Å². The molecule has 1 amide bonds. The van der Waals surface area contributed by atoms with E-state index < -0.39 is 0 Å². The van der Waals surface area contributed by atoms with Crippen molar-refractivity contribution in [3.8, 4) is 11.5 Å². The van der Waals surface area contributed by atoms with Crippen molar-refractivity contribution in [3.05, 3.63) is 86.8 Å². The minimum absolute atomic E-state index is 0.108. The number of aryl methyl sites for hydroxylation is 2. The normalized spacial score (nSPS) is 10.8. The Labute approximate surface area is 182 Å². The first-order valence-corrected chi connectivity index (χ1v) is 10.5. The van der Waals surface area contributed by atoms with Crippen molar-refractivity contribution in [2.75, 3.05) is 12.4 Å². The van der Waals surface area contributed by atoms with Crippen LogP contribution in [0.3, 0.4) is 0 Å². The molecule has 0 saturated carbocycles. The number of hydrogen-bond donors (Lipinski definition) is 1.